The standard InChI is InChI=1S/C23H21ClN2O3/c1-27-21-12-16(7-10-20(21)29-14-15-5-8-17(24)9-6-15)22(28-2)19-13-26-23-18(19)4-3-11-25-23/h3-13,22H,14H2,1-2H3,(H,25,26). The lowest BCUT2D eigenvalue weighted by Crippen LogP contribution is -2.04. The molecule has 1 unspecified atom stereocenters. The summed E-state index contributed by atoms with van der Waals surface area (Å²) in [6.07, 6.45) is 3.44. The van der Waals surface area contributed by atoms with Gasteiger partial charge in [0.15, 0.2) is 11.5 Å². The summed E-state index contributed by atoms with van der Waals surface area (Å²) in [5.41, 5.74) is 3.85. The van der Waals surface area contributed by atoms with Crippen LogP contribution in [-0.2, 0) is 11.3 Å². The predicted molar refractivity (Wildman–Crippen MR) is 114 cm³/mol. The monoisotopic (exact) mass is 408 g/mol. The van der Waals surface area contributed by atoms with Crippen LogP contribution >= 0.6 is 11.6 Å². The molecule has 2 aromatic heterocycles. The molecule has 1 N–H and O–H groups in total. The van der Waals surface area contributed by atoms with Gasteiger partial charge in [0.25, 0.3) is 0 Å². The highest BCUT2D eigenvalue weighted by molar-refractivity contribution is 6.30. The van der Waals surface area contributed by atoms with Crippen molar-refractivity contribution in [1.82, 2.24) is 9.97 Å². The Kier molecular flexibility index (Phi) is 5.69. The number of hydrogen-bond acceptors (Lipinski definition) is 4. The van der Waals surface area contributed by atoms with Crippen molar-refractivity contribution in [1.29, 1.82) is 0 Å². The molecule has 0 saturated heterocycles. The second-order valence-electron chi connectivity index (χ2n) is 6.58. The van der Waals surface area contributed by atoms with Gasteiger partial charge in [-0.25, -0.2) is 4.98 Å². The maximum absolute atomic E-state index is 5.96. The molecule has 0 fully saturated rings. The van der Waals surface area contributed by atoms with Crippen LogP contribution in [0, 0.1) is 0 Å². The van der Waals surface area contributed by atoms with E-state index in [2.05, 4.69) is 9.97 Å². The van der Waals surface area contributed by atoms with Crippen molar-refractivity contribution in [2.24, 2.45) is 0 Å². The Morgan fingerprint density at radius 1 is 1.03 bits per heavy atom. The Labute approximate surface area is 174 Å². The van der Waals surface area contributed by atoms with Crippen molar-refractivity contribution in [3.63, 3.8) is 0 Å². The van der Waals surface area contributed by atoms with Gasteiger partial charge in [-0.2, -0.15) is 0 Å². The van der Waals surface area contributed by atoms with Crippen LogP contribution in [0.25, 0.3) is 11.0 Å². The number of nitrogens with one attached hydrogen (secondary N) is 1. The smallest absolute Gasteiger partial charge is 0.161 e. The fraction of sp³-hybridized carbons (Fsp3) is 0.174. The number of nitrogens with zero attached hydrogens (tertiary/aromatic N) is 1. The van der Waals surface area contributed by atoms with E-state index in [1.807, 2.05) is 60.8 Å². The number of aromatic nitrogens is 2. The number of fused-ring (bicyclic) bond motifs is 1. The van der Waals surface area contributed by atoms with E-state index in [9.17, 15) is 0 Å². The summed E-state index contributed by atoms with van der Waals surface area (Å²) in [6.45, 7) is 0.425. The molecule has 2 heterocycles. The van der Waals surface area contributed by atoms with Crippen LogP contribution in [0.2, 0.25) is 5.02 Å². The Balaban J connectivity index is 1.60. The van der Waals surface area contributed by atoms with E-state index >= 15 is 0 Å². The van der Waals surface area contributed by atoms with E-state index in [0.717, 1.165) is 27.7 Å². The SMILES string of the molecule is COc1cc(C(OC)c2c[nH]c3ncccc23)ccc1OCc1ccc(Cl)cc1. The van der Waals surface area contributed by atoms with Crippen molar-refractivity contribution in [2.75, 3.05) is 14.2 Å². The van der Waals surface area contributed by atoms with E-state index in [0.29, 0.717) is 23.1 Å². The van der Waals surface area contributed by atoms with Gasteiger partial charge in [-0.1, -0.05) is 29.8 Å². The summed E-state index contributed by atoms with van der Waals surface area (Å²) >= 11 is 5.94. The Morgan fingerprint density at radius 3 is 2.62 bits per heavy atom. The van der Waals surface area contributed by atoms with Crippen LogP contribution in [0.3, 0.4) is 0 Å². The van der Waals surface area contributed by atoms with Gasteiger partial charge in [0.2, 0.25) is 0 Å². The van der Waals surface area contributed by atoms with E-state index < -0.39 is 0 Å². The summed E-state index contributed by atoms with van der Waals surface area (Å²) in [5.74, 6) is 1.32. The Morgan fingerprint density at radius 2 is 1.86 bits per heavy atom. The molecule has 29 heavy (non-hydrogen) atoms. The molecule has 1 atom stereocenters. The van der Waals surface area contributed by atoms with Gasteiger partial charge < -0.3 is 19.2 Å². The van der Waals surface area contributed by atoms with Crippen LogP contribution in [0.15, 0.2) is 67.0 Å². The number of rotatable bonds is 7. The number of pyridine rings is 1. The molecule has 0 bridgehead atoms. The first-order chi connectivity index (χ1) is 14.2. The lowest BCUT2D eigenvalue weighted by atomic mass is 10.0. The highest BCUT2D eigenvalue weighted by Gasteiger charge is 2.20. The molecule has 0 radical (unpaired) electrons. The van der Waals surface area contributed by atoms with Crippen LogP contribution in [0.4, 0.5) is 0 Å². The Hall–Kier alpha value is -3.02. The van der Waals surface area contributed by atoms with E-state index in [4.69, 9.17) is 25.8 Å². The zero-order valence-corrected chi connectivity index (χ0v) is 16.9. The summed E-state index contributed by atoms with van der Waals surface area (Å²) < 4.78 is 17.3. The molecule has 4 rings (SSSR count). The third-order valence-corrected chi connectivity index (χ3v) is 5.05. The van der Waals surface area contributed by atoms with E-state index in [1.165, 1.54) is 0 Å². The summed E-state index contributed by atoms with van der Waals surface area (Å²) in [6, 6.07) is 17.4. The third-order valence-electron chi connectivity index (χ3n) is 4.80. The minimum Gasteiger partial charge on any atom is -0.493 e. The van der Waals surface area contributed by atoms with Gasteiger partial charge >= 0.3 is 0 Å². The number of halogens is 1. The lowest BCUT2D eigenvalue weighted by Gasteiger charge is -2.18. The molecule has 148 valence electrons. The van der Waals surface area contributed by atoms with Gasteiger partial charge in [-0.3, -0.25) is 0 Å². The molecule has 0 aliphatic rings. The number of ether oxygens (including phenoxy) is 3. The molecule has 0 amide bonds. The summed E-state index contributed by atoms with van der Waals surface area (Å²) in [4.78, 5) is 7.55. The average molecular weight is 409 g/mol. The van der Waals surface area contributed by atoms with Crippen molar-refractivity contribution in [3.8, 4) is 11.5 Å². The van der Waals surface area contributed by atoms with Crippen LogP contribution in [-0.4, -0.2) is 24.2 Å². The number of methoxy groups -OCH3 is 2. The summed E-state index contributed by atoms with van der Waals surface area (Å²) in [5, 5.41) is 1.73. The minimum absolute atomic E-state index is 0.257. The average Bonchev–Trinajstić information content (AvgIpc) is 3.18. The van der Waals surface area contributed by atoms with Crippen molar-refractivity contribution in [3.05, 3.63) is 88.7 Å². The fourth-order valence-electron chi connectivity index (χ4n) is 3.34. The first-order valence-corrected chi connectivity index (χ1v) is 9.57. The van der Waals surface area contributed by atoms with Gasteiger partial charge in [0.1, 0.15) is 18.4 Å². The molecule has 6 heteroatoms. The molecule has 0 aliphatic carbocycles. The van der Waals surface area contributed by atoms with Crippen LogP contribution < -0.4 is 9.47 Å². The second kappa shape index (κ2) is 8.55. The molecular formula is C23H21ClN2O3. The zero-order valence-electron chi connectivity index (χ0n) is 16.2. The molecule has 0 aliphatic heterocycles. The molecule has 5 nitrogen and oxygen atoms in total. The van der Waals surface area contributed by atoms with Gasteiger partial charge in [-0.15, -0.1) is 0 Å². The van der Waals surface area contributed by atoms with Gasteiger partial charge in [0.05, 0.1) is 7.11 Å². The molecule has 0 saturated carbocycles. The number of hydrogen-bond donors (Lipinski definition) is 1. The first kappa shape index (κ1) is 19.3. The van der Waals surface area contributed by atoms with Crippen molar-refractivity contribution in [2.45, 2.75) is 12.7 Å². The number of H-pyrrole nitrogens is 1. The Bertz CT molecular complexity index is 1110. The predicted octanol–water partition coefficient (Wildman–Crippen LogP) is 5.54. The molecular weight excluding hydrogens is 388 g/mol. The normalized spacial score (nSPS) is 12.1. The third kappa shape index (κ3) is 4.06. The van der Waals surface area contributed by atoms with E-state index in [1.54, 1.807) is 20.4 Å². The van der Waals surface area contributed by atoms with E-state index in [-0.39, 0.29) is 6.10 Å². The highest BCUT2D eigenvalue weighted by atomic mass is 35.5. The molecule has 4 aromatic rings. The quantitative estimate of drug-likeness (QED) is 0.436. The van der Waals surface area contributed by atoms with Crippen molar-refractivity contribution < 1.29 is 14.2 Å². The highest BCUT2D eigenvalue weighted by Crippen LogP contribution is 2.36. The summed E-state index contributed by atoms with van der Waals surface area (Å²) in [7, 11) is 3.32. The topological polar surface area (TPSA) is 56.4 Å². The van der Waals surface area contributed by atoms with Gasteiger partial charge in [-0.05, 0) is 47.5 Å². The fourth-order valence-corrected chi connectivity index (χ4v) is 3.47. The van der Waals surface area contributed by atoms with Gasteiger partial charge in [0, 0.05) is 35.5 Å². The zero-order chi connectivity index (χ0) is 20.2. The second-order valence-corrected chi connectivity index (χ2v) is 7.02. The molecule has 0 spiro atoms. The van der Waals surface area contributed by atoms with Crippen LogP contribution in [0.5, 0.6) is 11.5 Å². The van der Waals surface area contributed by atoms with Crippen LogP contribution in [0.1, 0.15) is 22.8 Å². The van der Waals surface area contributed by atoms with Crippen molar-refractivity contribution >= 4 is 22.6 Å². The minimum atomic E-state index is -0.257. The number of aromatic amines is 1. The maximum Gasteiger partial charge on any atom is 0.161 e. The first-order valence-electron chi connectivity index (χ1n) is 9.19. The molecule has 2 aromatic carbocycles. The largest absolute Gasteiger partial charge is 0.493 e. The number of benzene rings is 2. The lowest BCUT2D eigenvalue weighted by molar-refractivity contribution is 0.137. The maximum atomic E-state index is 5.96.